The van der Waals surface area contributed by atoms with E-state index in [0.29, 0.717) is 0 Å². The minimum Gasteiger partial charge on any atom is -0.255 e. The van der Waals surface area contributed by atoms with Gasteiger partial charge in [0.15, 0.2) is 0 Å². The maximum absolute atomic E-state index is 4.96. The summed E-state index contributed by atoms with van der Waals surface area (Å²) in [5, 5.41) is 1.14. The van der Waals surface area contributed by atoms with Gasteiger partial charge in [0, 0.05) is 34.2 Å². The van der Waals surface area contributed by atoms with Crippen LogP contribution in [-0.2, 0) is 0 Å². The van der Waals surface area contributed by atoms with Gasteiger partial charge in [-0.1, -0.05) is 35.7 Å². The minimum absolute atomic E-state index is 0.885. The van der Waals surface area contributed by atoms with Gasteiger partial charge in [0.25, 0.3) is 0 Å². The fraction of sp³-hybridized carbons (Fsp3) is 0.0500. The zero-order valence-electron chi connectivity index (χ0n) is 13.9. The Morgan fingerprint density at radius 2 is 1.48 bits per heavy atom. The Hall–Kier alpha value is -1.67. The lowest BCUT2D eigenvalue weighted by molar-refractivity contribution is 1.22. The van der Waals surface area contributed by atoms with E-state index in [-0.39, 0.29) is 0 Å². The van der Waals surface area contributed by atoms with Gasteiger partial charge < -0.3 is 0 Å². The highest BCUT2D eigenvalue weighted by Gasteiger charge is 2.34. The van der Waals surface area contributed by atoms with Crippen molar-refractivity contribution in [1.82, 2.24) is 15.0 Å². The van der Waals surface area contributed by atoms with Crippen molar-refractivity contribution >= 4 is 52.6 Å². The first kappa shape index (κ1) is 16.3. The van der Waals surface area contributed by atoms with E-state index in [1.807, 2.05) is 77.5 Å². The second-order valence-electron chi connectivity index (χ2n) is 6.06. The van der Waals surface area contributed by atoms with E-state index in [9.17, 15) is 0 Å². The number of fused-ring (bicyclic) bond motifs is 3. The summed E-state index contributed by atoms with van der Waals surface area (Å²) in [6.45, 7) is 0. The fourth-order valence-electron chi connectivity index (χ4n) is 3.35. The quantitative estimate of drug-likeness (QED) is 0.358. The molecule has 0 N–H and O–H groups in total. The van der Waals surface area contributed by atoms with Gasteiger partial charge in [-0.05, 0) is 30.3 Å². The summed E-state index contributed by atoms with van der Waals surface area (Å²) in [7, 11) is 0. The van der Waals surface area contributed by atoms with Gasteiger partial charge >= 0.3 is 0 Å². The lowest BCUT2D eigenvalue weighted by Crippen LogP contribution is -1.91. The molecule has 3 nitrogen and oxygen atoms in total. The van der Waals surface area contributed by atoms with Gasteiger partial charge in [-0.3, -0.25) is 9.97 Å². The van der Waals surface area contributed by atoms with Crippen LogP contribution in [0.25, 0.3) is 28.3 Å². The van der Waals surface area contributed by atoms with Crippen molar-refractivity contribution in [2.75, 3.05) is 5.08 Å². The van der Waals surface area contributed by atoms with Crippen LogP contribution in [0.5, 0.6) is 0 Å². The van der Waals surface area contributed by atoms with E-state index in [4.69, 9.17) is 4.98 Å². The molecule has 3 aromatic rings. The molecule has 0 saturated heterocycles. The van der Waals surface area contributed by atoms with Crippen molar-refractivity contribution in [1.29, 1.82) is 0 Å². The van der Waals surface area contributed by atoms with Crippen LogP contribution in [0.3, 0.4) is 0 Å². The molecule has 7 heteroatoms. The van der Waals surface area contributed by atoms with Crippen molar-refractivity contribution in [3.05, 3.63) is 78.7 Å². The van der Waals surface area contributed by atoms with Crippen molar-refractivity contribution in [3.63, 3.8) is 0 Å². The molecule has 0 fully saturated rings. The molecular weight excluding hydrogens is 411 g/mol. The first-order chi connectivity index (χ1) is 13.4. The van der Waals surface area contributed by atoms with E-state index >= 15 is 0 Å². The molecule has 27 heavy (non-hydrogen) atoms. The second kappa shape index (κ2) is 6.44. The molecule has 0 radical (unpaired) electrons. The van der Waals surface area contributed by atoms with E-state index in [1.54, 1.807) is 6.20 Å². The third-order valence-corrected chi connectivity index (χ3v) is 10.2. The Balaban J connectivity index is 1.54. The van der Waals surface area contributed by atoms with Crippen LogP contribution in [0.2, 0.25) is 0 Å². The molecule has 1 aliphatic carbocycles. The average molecular weight is 422 g/mol. The monoisotopic (exact) mass is 421 g/mol. The lowest BCUT2D eigenvalue weighted by atomic mass is 10.1. The molecule has 130 valence electrons. The second-order valence-corrected chi connectivity index (χ2v) is 11.2. The zero-order chi connectivity index (χ0) is 17.8. The van der Waals surface area contributed by atoms with Crippen LogP contribution in [-0.4, -0.2) is 20.0 Å². The van der Waals surface area contributed by atoms with E-state index in [0.717, 1.165) is 27.9 Å². The number of nitrogens with zero attached hydrogens (tertiary/aromatic N) is 3. The Kier molecular flexibility index (Phi) is 3.89. The zero-order valence-corrected chi connectivity index (χ0v) is 17.1. The minimum atomic E-state index is 0.885. The van der Waals surface area contributed by atoms with E-state index < -0.39 is 0 Å². The van der Waals surface area contributed by atoms with Crippen molar-refractivity contribution in [2.24, 2.45) is 0 Å². The average Bonchev–Trinajstić information content (AvgIpc) is 3.39. The Bertz CT molecular complexity index is 1140. The Morgan fingerprint density at radius 3 is 2.30 bits per heavy atom. The molecule has 5 heterocycles. The smallest absolute Gasteiger partial charge is 0.0979 e. The summed E-state index contributed by atoms with van der Waals surface area (Å²) < 4.78 is 4.24. The summed E-state index contributed by atoms with van der Waals surface area (Å²) in [6, 6.07) is 14.3. The number of rotatable bonds is 1. The van der Waals surface area contributed by atoms with Crippen LogP contribution < -0.4 is 0 Å². The molecule has 6 rings (SSSR count). The molecule has 0 aromatic carbocycles. The number of hydrogen-bond donors (Lipinski definition) is 0. The standard InChI is InChI=1S/C20H11N3S4/c1-2-8-21-13(5-1)14-7-6-12-15(18-26-19-20(27-18)25-10-24-19)11-4-3-9-22-16(11)17(12)23-14/h1-9H,10H2. The predicted octanol–water partition coefficient (Wildman–Crippen LogP) is 6.28. The molecule has 2 aliphatic heterocycles. The summed E-state index contributed by atoms with van der Waals surface area (Å²) in [5.74, 6) is 0. The van der Waals surface area contributed by atoms with Crippen molar-refractivity contribution in [3.8, 4) is 22.8 Å². The maximum atomic E-state index is 4.96. The normalized spacial score (nSPS) is 17.3. The maximum Gasteiger partial charge on any atom is 0.0979 e. The summed E-state index contributed by atoms with van der Waals surface area (Å²) in [4.78, 5) is 14.1. The fourth-order valence-corrected chi connectivity index (χ4v) is 9.85. The van der Waals surface area contributed by atoms with Crippen LogP contribution in [0.1, 0.15) is 11.1 Å². The van der Waals surface area contributed by atoms with Crippen LogP contribution >= 0.6 is 47.0 Å². The van der Waals surface area contributed by atoms with Crippen LogP contribution in [0, 0.1) is 0 Å². The molecule has 3 aliphatic rings. The summed E-state index contributed by atoms with van der Waals surface area (Å²) in [6.07, 6.45) is 3.66. The molecule has 0 atom stereocenters. The first-order valence-electron chi connectivity index (χ1n) is 8.37. The highest BCUT2D eigenvalue weighted by molar-refractivity contribution is 8.45. The first-order valence-corrected chi connectivity index (χ1v) is 12.0. The van der Waals surface area contributed by atoms with Crippen molar-refractivity contribution < 1.29 is 0 Å². The molecular formula is C20H11N3S4. The van der Waals surface area contributed by atoms with Gasteiger partial charge in [-0.2, -0.15) is 0 Å². The van der Waals surface area contributed by atoms with Gasteiger partial charge in [0.2, 0.25) is 0 Å². The topological polar surface area (TPSA) is 38.7 Å². The van der Waals surface area contributed by atoms with Crippen molar-refractivity contribution in [2.45, 2.75) is 0 Å². The highest BCUT2D eigenvalue weighted by Crippen LogP contribution is 2.65. The molecule has 0 unspecified atom stereocenters. The molecule has 0 spiro atoms. The molecule has 3 aromatic heterocycles. The SMILES string of the molecule is c1ccc(-c2ccc3c(n2)-c2ncccc2C3=C2SC3=C(SCS3)S2)nc1. The number of pyridine rings is 3. The Labute approximate surface area is 173 Å². The van der Waals surface area contributed by atoms with Gasteiger partial charge in [0.1, 0.15) is 0 Å². The van der Waals surface area contributed by atoms with Gasteiger partial charge in [-0.15, -0.1) is 23.5 Å². The Morgan fingerprint density at radius 1 is 0.667 bits per heavy atom. The highest BCUT2D eigenvalue weighted by atomic mass is 32.3. The molecule has 0 bridgehead atoms. The lowest BCUT2D eigenvalue weighted by Gasteiger charge is -2.08. The summed E-state index contributed by atoms with van der Waals surface area (Å²) in [5.41, 5.74) is 7.34. The van der Waals surface area contributed by atoms with Gasteiger partial charge in [0.05, 0.1) is 35.5 Å². The van der Waals surface area contributed by atoms with Crippen LogP contribution in [0.15, 0.2) is 67.6 Å². The summed E-state index contributed by atoms with van der Waals surface area (Å²) >= 11 is 7.70. The van der Waals surface area contributed by atoms with E-state index in [2.05, 4.69) is 28.2 Å². The molecule has 0 saturated carbocycles. The largest absolute Gasteiger partial charge is 0.255 e. The number of hydrogen-bond acceptors (Lipinski definition) is 7. The third-order valence-electron chi connectivity index (χ3n) is 4.51. The van der Waals surface area contributed by atoms with E-state index in [1.165, 1.54) is 29.4 Å². The predicted molar refractivity (Wildman–Crippen MR) is 119 cm³/mol. The number of thioether (sulfide) groups is 4. The third kappa shape index (κ3) is 2.60. The number of aromatic nitrogens is 3. The molecule has 0 amide bonds. The van der Waals surface area contributed by atoms with Crippen LogP contribution in [0.4, 0.5) is 0 Å². The van der Waals surface area contributed by atoms with Gasteiger partial charge in [-0.25, -0.2) is 4.98 Å².